The van der Waals surface area contributed by atoms with E-state index in [9.17, 15) is 4.79 Å². The molecule has 2 N–H and O–H groups in total. The zero-order valence-corrected chi connectivity index (χ0v) is 9.62. The molecule has 1 aliphatic rings. The van der Waals surface area contributed by atoms with Crippen molar-refractivity contribution in [1.82, 2.24) is 15.3 Å². The van der Waals surface area contributed by atoms with E-state index in [-0.39, 0.29) is 12.0 Å². The van der Waals surface area contributed by atoms with Crippen LogP contribution in [-0.2, 0) is 22.5 Å². The van der Waals surface area contributed by atoms with Gasteiger partial charge in [-0.25, -0.2) is 4.98 Å². The van der Waals surface area contributed by atoms with Crippen LogP contribution in [0.1, 0.15) is 25.2 Å². The van der Waals surface area contributed by atoms with E-state index in [1.54, 1.807) is 6.33 Å². The second-order valence-corrected chi connectivity index (χ2v) is 4.49. The Morgan fingerprint density at radius 1 is 1.69 bits per heavy atom. The molecule has 0 aliphatic carbocycles. The van der Waals surface area contributed by atoms with Gasteiger partial charge >= 0.3 is 5.97 Å². The van der Waals surface area contributed by atoms with Gasteiger partial charge < -0.3 is 9.72 Å². The lowest BCUT2D eigenvalue weighted by Gasteiger charge is -2.21. The van der Waals surface area contributed by atoms with Gasteiger partial charge in [-0.3, -0.25) is 10.1 Å². The highest BCUT2D eigenvalue weighted by molar-refractivity contribution is 5.76. The summed E-state index contributed by atoms with van der Waals surface area (Å²) in [5.74, 6) is 0.191. The number of aromatic nitrogens is 2. The molecule has 0 saturated heterocycles. The first-order valence-corrected chi connectivity index (χ1v) is 5.58. The lowest BCUT2D eigenvalue weighted by atomic mass is 10.1. The minimum atomic E-state index is -0.255. The summed E-state index contributed by atoms with van der Waals surface area (Å²) in [6, 6.07) is -0.255. The molecule has 5 heteroatoms. The number of nitrogens with zero attached hydrogens (tertiary/aromatic N) is 1. The van der Waals surface area contributed by atoms with Gasteiger partial charge in [0.1, 0.15) is 6.04 Å². The van der Waals surface area contributed by atoms with Crippen molar-refractivity contribution in [2.45, 2.75) is 32.9 Å². The monoisotopic (exact) mass is 223 g/mol. The minimum Gasteiger partial charge on any atom is -0.464 e. The molecular weight excluding hydrogens is 206 g/mol. The number of carbonyl (C=O) groups is 1. The van der Waals surface area contributed by atoms with Crippen molar-refractivity contribution in [1.29, 1.82) is 0 Å². The van der Waals surface area contributed by atoms with Crippen LogP contribution in [0.15, 0.2) is 6.33 Å². The average Bonchev–Trinajstić information content (AvgIpc) is 2.72. The quantitative estimate of drug-likeness (QED) is 0.737. The molecule has 1 aromatic heterocycles. The molecule has 0 fully saturated rings. The number of hydrogen-bond acceptors (Lipinski definition) is 4. The predicted molar refractivity (Wildman–Crippen MR) is 58.7 cm³/mol. The van der Waals surface area contributed by atoms with Crippen LogP contribution in [0.4, 0.5) is 0 Å². The van der Waals surface area contributed by atoms with E-state index in [0.717, 1.165) is 11.4 Å². The zero-order valence-electron chi connectivity index (χ0n) is 9.62. The molecule has 1 aromatic rings. The Hall–Kier alpha value is -1.36. The van der Waals surface area contributed by atoms with E-state index < -0.39 is 0 Å². The minimum absolute atomic E-state index is 0.178. The molecular formula is C11H17N3O2. The molecule has 0 saturated carbocycles. The maximum absolute atomic E-state index is 11.7. The number of hydrogen-bond donors (Lipinski definition) is 2. The summed E-state index contributed by atoms with van der Waals surface area (Å²) in [5.41, 5.74) is 2.03. The van der Waals surface area contributed by atoms with Gasteiger partial charge in [-0.2, -0.15) is 0 Å². The van der Waals surface area contributed by atoms with Crippen LogP contribution in [0.3, 0.4) is 0 Å². The average molecular weight is 223 g/mol. The molecule has 0 radical (unpaired) electrons. The molecule has 1 unspecified atom stereocenters. The number of ether oxygens (including phenoxy) is 1. The number of nitrogens with one attached hydrogen (secondary N) is 2. The standard InChI is InChI=1S/C11H17N3O2/c1-7(2)5-16-11(15)9-3-8-10(4-12-9)14-6-13-8/h6-7,9,12H,3-5H2,1-2H3,(H,13,14). The van der Waals surface area contributed by atoms with Crippen molar-refractivity contribution >= 4 is 5.97 Å². The molecule has 0 spiro atoms. The van der Waals surface area contributed by atoms with Crippen LogP contribution in [-0.4, -0.2) is 28.6 Å². The Labute approximate surface area is 94.6 Å². The maximum Gasteiger partial charge on any atom is 0.323 e. The topological polar surface area (TPSA) is 67.0 Å². The van der Waals surface area contributed by atoms with Crippen LogP contribution in [0.2, 0.25) is 0 Å². The maximum atomic E-state index is 11.7. The molecule has 16 heavy (non-hydrogen) atoms. The molecule has 0 bridgehead atoms. The van der Waals surface area contributed by atoms with Crippen molar-refractivity contribution < 1.29 is 9.53 Å². The number of esters is 1. The summed E-state index contributed by atoms with van der Waals surface area (Å²) < 4.78 is 5.20. The molecule has 0 aromatic carbocycles. The van der Waals surface area contributed by atoms with Crippen LogP contribution in [0, 0.1) is 5.92 Å². The second-order valence-electron chi connectivity index (χ2n) is 4.49. The van der Waals surface area contributed by atoms with Gasteiger partial charge in [-0.05, 0) is 5.92 Å². The SMILES string of the molecule is CC(C)COC(=O)C1Cc2nc[nH]c2CN1. The van der Waals surface area contributed by atoms with E-state index in [1.807, 2.05) is 13.8 Å². The largest absolute Gasteiger partial charge is 0.464 e. The Kier molecular flexibility index (Phi) is 3.24. The van der Waals surface area contributed by atoms with Crippen molar-refractivity contribution in [3.63, 3.8) is 0 Å². The third kappa shape index (κ3) is 2.41. The lowest BCUT2D eigenvalue weighted by molar-refractivity contribution is -0.147. The van der Waals surface area contributed by atoms with Gasteiger partial charge in [0, 0.05) is 13.0 Å². The molecule has 2 rings (SSSR count). The molecule has 5 nitrogen and oxygen atoms in total. The van der Waals surface area contributed by atoms with Crippen LogP contribution >= 0.6 is 0 Å². The van der Waals surface area contributed by atoms with Gasteiger partial charge in [-0.1, -0.05) is 13.8 Å². The number of rotatable bonds is 3. The number of fused-ring (bicyclic) bond motifs is 1. The first-order chi connectivity index (χ1) is 7.66. The summed E-state index contributed by atoms with van der Waals surface area (Å²) in [5, 5.41) is 3.14. The van der Waals surface area contributed by atoms with E-state index >= 15 is 0 Å². The van der Waals surface area contributed by atoms with Crippen molar-refractivity contribution in [2.24, 2.45) is 5.92 Å². The Morgan fingerprint density at radius 2 is 2.50 bits per heavy atom. The Bertz CT molecular complexity index is 373. The van der Waals surface area contributed by atoms with Crippen molar-refractivity contribution in [3.8, 4) is 0 Å². The second kappa shape index (κ2) is 4.65. The first-order valence-electron chi connectivity index (χ1n) is 5.58. The van der Waals surface area contributed by atoms with Crippen molar-refractivity contribution in [3.05, 3.63) is 17.7 Å². The summed E-state index contributed by atoms with van der Waals surface area (Å²) in [4.78, 5) is 18.9. The summed E-state index contributed by atoms with van der Waals surface area (Å²) in [6.07, 6.45) is 2.27. The lowest BCUT2D eigenvalue weighted by Crippen LogP contribution is -2.43. The summed E-state index contributed by atoms with van der Waals surface area (Å²) in [7, 11) is 0. The normalized spacial score (nSPS) is 19.6. The fraction of sp³-hybridized carbons (Fsp3) is 0.636. The van der Waals surface area contributed by atoms with Gasteiger partial charge in [0.2, 0.25) is 0 Å². The van der Waals surface area contributed by atoms with Gasteiger partial charge in [0.25, 0.3) is 0 Å². The fourth-order valence-electron chi connectivity index (χ4n) is 1.69. The van der Waals surface area contributed by atoms with E-state index in [2.05, 4.69) is 15.3 Å². The highest BCUT2D eigenvalue weighted by Gasteiger charge is 2.26. The van der Waals surface area contributed by atoms with Gasteiger partial charge in [-0.15, -0.1) is 0 Å². The van der Waals surface area contributed by atoms with Crippen LogP contribution in [0.25, 0.3) is 0 Å². The van der Waals surface area contributed by atoms with Crippen LogP contribution in [0.5, 0.6) is 0 Å². The van der Waals surface area contributed by atoms with Gasteiger partial charge in [0.15, 0.2) is 0 Å². The van der Waals surface area contributed by atoms with Gasteiger partial charge in [0.05, 0.1) is 24.3 Å². The number of imidazole rings is 1. The molecule has 1 aliphatic heterocycles. The number of carbonyl (C=O) groups excluding carboxylic acids is 1. The van der Waals surface area contributed by atoms with E-state index in [0.29, 0.717) is 25.5 Å². The van der Waals surface area contributed by atoms with E-state index in [1.165, 1.54) is 0 Å². The summed E-state index contributed by atoms with van der Waals surface area (Å²) >= 11 is 0. The summed E-state index contributed by atoms with van der Waals surface area (Å²) in [6.45, 7) is 5.17. The third-order valence-corrected chi connectivity index (χ3v) is 2.57. The molecule has 2 heterocycles. The third-order valence-electron chi connectivity index (χ3n) is 2.57. The van der Waals surface area contributed by atoms with E-state index in [4.69, 9.17) is 4.74 Å². The number of H-pyrrole nitrogens is 1. The molecule has 0 amide bonds. The highest BCUT2D eigenvalue weighted by Crippen LogP contribution is 2.13. The molecule has 88 valence electrons. The zero-order chi connectivity index (χ0) is 11.5. The Morgan fingerprint density at radius 3 is 3.25 bits per heavy atom. The van der Waals surface area contributed by atoms with Crippen LogP contribution < -0.4 is 5.32 Å². The molecule has 1 atom stereocenters. The Balaban J connectivity index is 1.90. The fourth-order valence-corrected chi connectivity index (χ4v) is 1.69. The smallest absolute Gasteiger partial charge is 0.323 e. The first kappa shape index (κ1) is 11.1. The van der Waals surface area contributed by atoms with Crippen molar-refractivity contribution in [2.75, 3.05) is 6.61 Å². The highest BCUT2D eigenvalue weighted by atomic mass is 16.5. The predicted octanol–water partition coefficient (Wildman–Crippen LogP) is 0.623. The number of aromatic amines is 1.